The quantitative estimate of drug-likeness (QED) is 0.424. The van der Waals surface area contributed by atoms with Gasteiger partial charge in [-0.05, 0) is 18.2 Å². The number of nitrogens with one attached hydrogen (secondary N) is 1. The van der Waals surface area contributed by atoms with Gasteiger partial charge in [0.1, 0.15) is 5.82 Å². The third-order valence-electron chi connectivity index (χ3n) is 5.89. The highest BCUT2D eigenvalue weighted by atomic mass is 16.5. The highest BCUT2D eigenvalue weighted by molar-refractivity contribution is 5.98. The lowest BCUT2D eigenvalue weighted by Gasteiger charge is -2.29. The second-order valence-electron chi connectivity index (χ2n) is 7.97. The fraction of sp³-hybridized carbons (Fsp3) is 0.200. The monoisotopic (exact) mass is 437 g/mol. The van der Waals surface area contributed by atoms with Crippen molar-refractivity contribution in [3.05, 3.63) is 78.4 Å². The molecule has 0 spiro atoms. The minimum atomic E-state index is 0.472. The summed E-state index contributed by atoms with van der Waals surface area (Å²) in [7, 11) is 0. The Morgan fingerprint density at radius 3 is 2.85 bits per heavy atom. The van der Waals surface area contributed by atoms with Crippen molar-refractivity contribution in [1.82, 2.24) is 24.6 Å². The SMILES string of the molecule is C(=NCc1cc(N2CCOCC2)n2ncc(-c3ccccn3)c2n1)c1c[nH]c2ccccc12. The highest BCUT2D eigenvalue weighted by Crippen LogP contribution is 2.26. The third kappa shape index (κ3) is 3.74. The molecule has 1 N–H and O–H groups in total. The van der Waals surface area contributed by atoms with E-state index in [-0.39, 0.29) is 0 Å². The lowest BCUT2D eigenvalue weighted by Crippen LogP contribution is -2.37. The van der Waals surface area contributed by atoms with Crippen LogP contribution < -0.4 is 4.90 Å². The zero-order chi connectivity index (χ0) is 22.0. The van der Waals surface area contributed by atoms with Crippen molar-refractivity contribution in [1.29, 1.82) is 0 Å². The number of morpholine rings is 1. The number of ether oxygens (including phenoxy) is 1. The van der Waals surface area contributed by atoms with Crippen LogP contribution in [-0.4, -0.2) is 57.1 Å². The number of rotatable bonds is 5. The summed E-state index contributed by atoms with van der Waals surface area (Å²) >= 11 is 0. The van der Waals surface area contributed by atoms with Crippen LogP contribution in [0, 0.1) is 0 Å². The number of hydrogen-bond donors (Lipinski definition) is 1. The normalized spacial score (nSPS) is 14.6. The van der Waals surface area contributed by atoms with Crippen LogP contribution in [0.15, 0.2) is 72.1 Å². The molecular formula is C25H23N7O. The molecule has 0 atom stereocenters. The van der Waals surface area contributed by atoms with Crippen LogP contribution in [0.4, 0.5) is 5.82 Å². The number of aliphatic imine (C=N–C) groups is 1. The summed E-state index contributed by atoms with van der Waals surface area (Å²) < 4.78 is 7.46. The van der Waals surface area contributed by atoms with Crippen molar-refractivity contribution in [3.8, 4) is 11.3 Å². The Kier molecular flexibility index (Phi) is 5.04. The maximum Gasteiger partial charge on any atom is 0.167 e. The van der Waals surface area contributed by atoms with Crippen molar-refractivity contribution in [2.45, 2.75) is 6.54 Å². The average Bonchev–Trinajstić information content (AvgIpc) is 3.49. The standard InChI is InChI=1S/C25H23N7O/c1-2-6-22-20(5-1)18(15-28-22)14-26-16-19-13-24(31-9-11-33-12-10-31)32-25(30-19)21(17-29-32)23-7-3-4-8-27-23/h1-8,13-15,17,28H,9-12,16H2. The second kappa shape index (κ2) is 8.48. The van der Waals surface area contributed by atoms with E-state index in [0.717, 1.165) is 58.0 Å². The van der Waals surface area contributed by atoms with Crippen LogP contribution in [-0.2, 0) is 11.3 Å². The Bertz CT molecular complexity index is 1430. The predicted octanol–water partition coefficient (Wildman–Crippen LogP) is 3.73. The molecule has 1 aromatic carbocycles. The first-order valence-corrected chi connectivity index (χ1v) is 11.0. The molecule has 0 amide bonds. The van der Waals surface area contributed by atoms with Crippen LogP contribution in [0.25, 0.3) is 27.8 Å². The highest BCUT2D eigenvalue weighted by Gasteiger charge is 2.19. The molecule has 6 rings (SSSR count). The van der Waals surface area contributed by atoms with Gasteiger partial charge in [0.05, 0.1) is 42.9 Å². The summed E-state index contributed by atoms with van der Waals surface area (Å²) in [6, 6.07) is 16.2. The number of fused-ring (bicyclic) bond motifs is 2. The molecule has 0 saturated carbocycles. The van der Waals surface area contributed by atoms with Gasteiger partial charge < -0.3 is 14.6 Å². The number of pyridine rings is 1. The molecule has 1 saturated heterocycles. The van der Waals surface area contributed by atoms with E-state index in [0.29, 0.717) is 19.8 Å². The van der Waals surface area contributed by atoms with Gasteiger partial charge in [0.2, 0.25) is 0 Å². The molecule has 0 aliphatic carbocycles. The van der Waals surface area contributed by atoms with E-state index in [9.17, 15) is 0 Å². The van der Waals surface area contributed by atoms with E-state index in [4.69, 9.17) is 14.7 Å². The lowest BCUT2D eigenvalue weighted by molar-refractivity contribution is 0.122. The summed E-state index contributed by atoms with van der Waals surface area (Å²) in [6.45, 7) is 3.50. The number of para-hydroxylation sites is 1. The Morgan fingerprint density at radius 2 is 1.97 bits per heavy atom. The molecular weight excluding hydrogens is 414 g/mol. The Labute approximate surface area is 190 Å². The maximum atomic E-state index is 5.56. The predicted molar refractivity (Wildman–Crippen MR) is 129 cm³/mol. The van der Waals surface area contributed by atoms with E-state index in [1.165, 1.54) is 0 Å². The Hall–Kier alpha value is -4.04. The van der Waals surface area contributed by atoms with Gasteiger partial charge in [0, 0.05) is 54.2 Å². The molecule has 5 heterocycles. The van der Waals surface area contributed by atoms with Crippen LogP contribution in [0.2, 0.25) is 0 Å². The van der Waals surface area contributed by atoms with E-state index in [2.05, 4.69) is 38.2 Å². The maximum absolute atomic E-state index is 5.56. The van der Waals surface area contributed by atoms with Crippen molar-refractivity contribution in [2.24, 2.45) is 4.99 Å². The molecule has 1 aliphatic rings. The average molecular weight is 438 g/mol. The molecule has 1 aliphatic heterocycles. The first kappa shape index (κ1) is 19.6. The molecule has 4 aromatic heterocycles. The number of H-pyrrole nitrogens is 1. The number of benzene rings is 1. The van der Waals surface area contributed by atoms with E-state index < -0.39 is 0 Å². The van der Waals surface area contributed by atoms with Gasteiger partial charge >= 0.3 is 0 Å². The summed E-state index contributed by atoms with van der Waals surface area (Å²) in [5, 5.41) is 5.81. The summed E-state index contributed by atoms with van der Waals surface area (Å²) in [4.78, 5) is 19.7. The van der Waals surface area contributed by atoms with E-state index in [1.807, 2.05) is 53.5 Å². The zero-order valence-corrected chi connectivity index (χ0v) is 18.1. The Balaban J connectivity index is 1.39. The van der Waals surface area contributed by atoms with Gasteiger partial charge in [-0.2, -0.15) is 9.61 Å². The smallest absolute Gasteiger partial charge is 0.167 e. The van der Waals surface area contributed by atoms with Crippen LogP contribution in [0.5, 0.6) is 0 Å². The molecule has 33 heavy (non-hydrogen) atoms. The largest absolute Gasteiger partial charge is 0.378 e. The topological polar surface area (TPSA) is 83.7 Å². The van der Waals surface area contributed by atoms with Crippen molar-refractivity contribution < 1.29 is 4.74 Å². The first-order valence-electron chi connectivity index (χ1n) is 11.0. The zero-order valence-electron chi connectivity index (χ0n) is 18.1. The molecule has 8 heteroatoms. The minimum absolute atomic E-state index is 0.472. The van der Waals surface area contributed by atoms with Crippen LogP contribution in [0.1, 0.15) is 11.3 Å². The number of hydrogen-bond acceptors (Lipinski definition) is 6. The fourth-order valence-corrected chi connectivity index (χ4v) is 4.24. The number of anilines is 1. The van der Waals surface area contributed by atoms with Crippen molar-refractivity contribution >= 4 is 28.6 Å². The second-order valence-corrected chi connectivity index (χ2v) is 7.97. The lowest BCUT2D eigenvalue weighted by atomic mass is 10.2. The van der Waals surface area contributed by atoms with Gasteiger partial charge in [-0.1, -0.05) is 24.3 Å². The first-order chi connectivity index (χ1) is 16.4. The minimum Gasteiger partial charge on any atom is -0.378 e. The van der Waals surface area contributed by atoms with Gasteiger partial charge in [-0.15, -0.1) is 0 Å². The van der Waals surface area contributed by atoms with Crippen LogP contribution >= 0.6 is 0 Å². The summed E-state index contributed by atoms with van der Waals surface area (Å²) in [5.41, 5.74) is 5.61. The molecule has 1 fully saturated rings. The molecule has 0 unspecified atom stereocenters. The van der Waals surface area contributed by atoms with Gasteiger partial charge in [-0.25, -0.2) is 4.98 Å². The third-order valence-corrected chi connectivity index (χ3v) is 5.89. The summed E-state index contributed by atoms with van der Waals surface area (Å²) in [5.74, 6) is 1.00. The van der Waals surface area contributed by atoms with Crippen molar-refractivity contribution in [2.75, 3.05) is 31.2 Å². The van der Waals surface area contributed by atoms with E-state index >= 15 is 0 Å². The number of aromatic amines is 1. The Morgan fingerprint density at radius 1 is 1.09 bits per heavy atom. The number of nitrogens with zero attached hydrogens (tertiary/aromatic N) is 6. The van der Waals surface area contributed by atoms with E-state index in [1.54, 1.807) is 6.20 Å². The molecule has 5 aromatic rings. The number of aromatic nitrogens is 5. The van der Waals surface area contributed by atoms with Crippen molar-refractivity contribution in [3.63, 3.8) is 0 Å². The van der Waals surface area contributed by atoms with Gasteiger partial charge in [0.15, 0.2) is 5.65 Å². The summed E-state index contributed by atoms with van der Waals surface area (Å²) in [6.07, 6.45) is 7.53. The molecule has 0 radical (unpaired) electrons. The van der Waals surface area contributed by atoms with Crippen LogP contribution in [0.3, 0.4) is 0 Å². The van der Waals surface area contributed by atoms with Gasteiger partial charge in [-0.3, -0.25) is 9.98 Å². The molecule has 8 nitrogen and oxygen atoms in total. The molecule has 0 bridgehead atoms. The fourth-order valence-electron chi connectivity index (χ4n) is 4.24. The molecule has 164 valence electrons. The van der Waals surface area contributed by atoms with Gasteiger partial charge in [0.25, 0.3) is 0 Å².